The molecule has 0 aliphatic rings. The zero-order valence-corrected chi connectivity index (χ0v) is 11.3. The zero-order chi connectivity index (χ0) is 9.84. The summed E-state index contributed by atoms with van der Waals surface area (Å²) in [7, 11) is 0. The number of hydrogen-bond acceptors (Lipinski definition) is 2. The first-order valence-corrected chi connectivity index (χ1v) is 6.49. The number of carbonyl (C=O) groups excluding carboxylic acids is 1. The summed E-state index contributed by atoms with van der Waals surface area (Å²) in [6.07, 6.45) is 2.14. The Bertz CT molecular complexity index is 307. The molecule has 1 aromatic heterocycles. The van der Waals surface area contributed by atoms with E-state index in [4.69, 9.17) is 0 Å². The van der Waals surface area contributed by atoms with Gasteiger partial charge >= 0.3 is 0 Å². The molecule has 0 saturated heterocycles. The van der Waals surface area contributed by atoms with E-state index in [2.05, 4.69) is 37.9 Å². The van der Waals surface area contributed by atoms with Gasteiger partial charge in [-0.15, -0.1) is 11.3 Å². The van der Waals surface area contributed by atoms with E-state index in [0.29, 0.717) is 18.6 Å². The maximum atomic E-state index is 11.1. The molecule has 0 atom stereocenters. The van der Waals surface area contributed by atoms with E-state index in [1.807, 2.05) is 6.92 Å². The molecule has 0 radical (unpaired) electrons. The number of hydrogen-bond donors (Lipinski definition) is 0. The Hall–Kier alpha value is 0.330. The second-order valence-electron chi connectivity index (χ2n) is 2.74. The van der Waals surface area contributed by atoms with Gasteiger partial charge in [0.1, 0.15) is 5.78 Å². The van der Waals surface area contributed by atoms with Crippen LogP contribution in [-0.4, -0.2) is 5.78 Å². The molecule has 4 heteroatoms. The van der Waals surface area contributed by atoms with Crippen molar-refractivity contribution in [2.45, 2.75) is 26.2 Å². The van der Waals surface area contributed by atoms with Gasteiger partial charge in [0.2, 0.25) is 0 Å². The lowest BCUT2D eigenvalue weighted by Gasteiger charge is -1.96. The number of carbonyl (C=O) groups is 1. The maximum Gasteiger partial charge on any atom is 0.132 e. The molecule has 13 heavy (non-hydrogen) atoms. The Morgan fingerprint density at radius 3 is 2.69 bits per heavy atom. The monoisotopic (exact) mass is 324 g/mol. The lowest BCUT2D eigenvalue weighted by Crippen LogP contribution is -1.96. The quantitative estimate of drug-likeness (QED) is 0.811. The molecule has 0 aliphatic heterocycles. The Morgan fingerprint density at radius 1 is 1.54 bits per heavy atom. The molecule has 72 valence electrons. The third kappa shape index (κ3) is 3.52. The fraction of sp³-hybridized carbons (Fsp3) is 0.444. The summed E-state index contributed by atoms with van der Waals surface area (Å²) in [6, 6.07) is 2.07. The third-order valence-electron chi connectivity index (χ3n) is 1.79. The van der Waals surface area contributed by atoms with Crippen LogP contribution in [0, 0.1) is 0 Å². The van der Waals surface area contributed by atoms with Crippen molar-refractivity contribution in [1.29, 1.82) is 0 Å². The molecule has 1 aromatic rings. The highest BCUT2D eigenvalue weighted by atomic mass is 79.9. The van der Waals surface area contributed by atoms with E-state index >= 15 is 0 Å². The highest BCUT2D eigenvalue weighted by Gasteiger charge is 2.06. The van der Waals surface area contributed by atoms with E-state index < -0.39 is 0 Å². The first-order valence-electron chi connectivity index (χ1n) is 4.09. The normalized spacial score (nSPS) is 10.4. The van der Waals surface area contributed by atoms with Gasteiger partial charge in [0.05, 0.1) is 7.57 Å². The van der Waals surface area contributed by atoms with Crippen LogP contribution in [0.5, 0.6) is 0 Å². The highest BCUT2D eigenvalue weighted by molar-refractivity contribution is 9.12. The van der Waals surface area contributed by atoms with Gasteiger partial charge in [0.15, 0.2) is 0 Å². The molecule has 1 rings (SSSR count). The van der Waals surface area contributed by atoms with Gasteiger partial charge in [-0.25, -0.2) is 0 Å². The predicted octanol–water partition coefficient (Wildman–Crippen LogP) is 4.18. The van der Waals surface area contributed by atoms with Crippen molar-refractivity contribution in [1.82, 2.24) is 0 Å². The summed E-state index contributed by atoms with van der Waals surface area (Å²) in [5.74, 6) is 0.328. The molecule has 1 heterocycles. The van der Waals surface area contributed by atoms with Crippen molar-refractivity contribution in [3.63, 3.8) is 0 Å². The van der Waals surface area contributed by atoms with E-state index in [-0.39, 0.29) is 0 Å². The number of aryl methyl sites for hydroxylation is 1. The van der Waals surface area contributed by atoms with Crippen LogP contribution >= 0.6 is 43.2 Å². The van der Waals surface area contributed by atoms with Crippen LogP contribution in [0.1, 0.15) is 25.3 Å². The van der Waals surface area contributed by atoms with Crippen molar-refractivity contribution in [3.8, 4) is 0 Å². The summed E-state index contributed by atoms with van der Waals surface area (Å²) >= 11 is 8.53. The molecule has 0 fully saturated rings. The zero-order valence-electron chi connectivity index (χ0n) is 7.27. The number of rotatable bonds is 4. The first-order chi connectivity index (χ1) is 6.13. The molecule has 0 spiro atoms. The predicted molar refractivity (Wildman–Crippen MR) is 63.3 cm³/mol. The van der Waals surface area contributed by atoms with Crippen LogP contribution in [-0.2, 0) is 11.2 Å². The van der Waals surface area contributed by atoms with Crippen molar-refractivity contribution in [2.24, 2.45) is 0 Å². The Balaban J connectivity index is 2.54. The van der Waals surface area contributed by atoms with Crippen molar-refractivity contribution in [3.05, 3.63) is 19.2 Å². The van der Waals surface area contributed by atoms with Crippen LogP contribution in [0.2, 0.25) is 0 Å². The van der Waals surface area contributed by atoms with Gasteiger partial charge in [0.25, 0.3) is 0 Å². The lowest BCUT2D eigenvalue weighted by molar-refractivity contribution is -0.118. The van der Waals surface area contributed by atoms with Gasteiger partial charge in [-0.05, 0) is 49.9 Å². The van der Waals surface area contributed by atoms with Crippen LogP contribution in [0.4, 0.5) is 0 Å². The summed E-state index contributed by atoms with van der Waals surface area (Å²) < 4.78 is 2.24. The van der Waals surface area contributed by atoms with Crippen LogP contribution in [0.25, 0.3) is 0 Å². The summed E-state index contributed by atoms with van der Waals surface area (Å²) in [6.45, 7) is 1.90. The fourth-order valence-corrected chi connectivity index (χ4v) is 3.91. The Morgan fingerprint density at radius 2 is 2.23 bits per heavy atom. The van der Waals surface area contributed by atoms with Crippen molar-refractivity contribution in [2.75, 3.05) is 0 Å². The molecule has 0 bridgehead atoms. The summed E-state index contributed by atoms with van der Waals surface area (Å²) in [5, 5.41) is 0. The van der Waals surface area contributed by atoms with E-state index in [0.717, 1.165) is 14.0 Å². The lowest BCUT2D eigenvalue weighted by atomic mass is 10.1. The maximum absolute atomic E-state index is 11.1. The summed E-state index contributed by atoms with van der Waals surface area (Å²) in [4.78, 5) is 11.1. The molecule has 0 N–H and O–H groups in total. The number of Topliss-reactive ketones (excluding diaryl/α,β-unsaturated/α-hetero) is 1. The topological polar surface area (TPSA) is 17.1 Å². The van der Waals surface area contributed by atoms with Crippen LogP contribution in [0.3, 0.4) is 0 Å². The SMILES string of the molecule is CCC(=O)CCc1cc(Br)sc1Br. The van der Waals surface area contributed by atoms with Gasteiger partial charge < -0.3 is 0 Å². The fourth-order valence-electron chi connectivity index (χ4n) is 0.996. The number of halogens is 2. The largest absolute Gasteiger partial charge is 0.300 e. The first kappa shape index (κ1) is 11.4. The second-order valence-corrected chi connectivity index (χ2v) is 6.49. The van der Waals surface area contributed by atoms with Gasteiger partial charge in [-0.2, -0.15) is 0 Å². The minimum absolute atomic E-state index is 0.328. The molecule has 0 unspecified atom stereocenters. The van der Waals surface area contributed by atoms with Gasteiger partial charge in [0, 0.05) is 12.8 Å². The third-order valence-corrected chi connectivity index (χ3v) is 4.26. The van der Waals surface area contributed by atoms with Gasteiger partial charge in [-0.1, -0.05) is 6.92 Å². The molecular weight excluding hydrogens is 316 g/mol. The van der Waals surface area contributed by atoms with Crippen LogP contribution in [0.15, 0.2) is 13.6 Å². The molecular formula is C9H10Br2OS. The highest BCUT2D eigenvalue weighted by Crippen LogP contribution is 2.32. The molecule has 0 aromatic carbocycles. The average molecular weight is 326 g/mol. The van der Waals surface area contributed by atoms with Crippen molar-refractivity contribution < 1.29 is 4.79 Å². The van der Waals surface area contributed by atoms with Gasteiger partial charge in [-0.3, -0.25) is 4.79 Å². The van der Waals surface area contributed by atoms with Crippen LogP contribution < -0.4 is 0 Å². The minimum Gasteiger partial charge on any atom is -0.300 e. The average Bonchev–Trinajstić information content (AvgIpc) is 2.41. The Kier molecular flexibility index (Phi) is 4.62. The number of thiophene rings is 1. The second kappa shape index (κ2) is 5.27. The molecule has 0 aliphatic carbocycles. The minimum atomic E-state index is 0.328. The van der Waals surface area contributed by atoms with E-state index in [1.54, 1.807) is 11.3 Å². The van der Waals surface area contributed by atoms with E-state index in [9.17, 15) is 4.79 Å². The standard InChI is InChI=1S/C9H10Br2OS/c1-2-7(12)4-3-6-5-8(10)13-9(6)11/h5H,2-4H2,1H3. The summed E-state index contributed by atoms with van der Waals surface area (Å²) in [5.41, 5.74) is 1.22. The molecule has 1 nitrogen and oxygen atoms in total. The Labute approximate surface area is 98.8 Å². The number of ketones is 1. The smallest absolute Gasteiger partial charge is 0.132 e. The van der Waals surface area contributed by atoms with Crippen molar-refractivity contribution >= 4 is 49.0 Å². The van der Waals surface area contributed by atoms with E-state index in [1.165, 1.54) is 5.56 Å². The molecule has 0 saturated carbocycles. The molecule has 0 amide bonds.